The van der Waals surface area contributed by atoms with Crippen LogP contribution in [0.3, 0.4) is 0 Å². The molecule has 2 aromatic rings. The molecule has 0 unspecified atom stereocenters. The van der Waals surface area contributed by atoms with E-state index in [2.05, 4.69) is 10.1 Å². The third kappa shape index (κ3) is 3.85. The van der Waals surface area contributed by atoms with Crippen molar-refractivity contribution in [1.82, 2.24) is 0 Å². The van der Waals surface area contributed by atoms with E-state index < -0.39 is 5.97 Å². The van der Waals surface area contributed by atoms with E-state index in [1.165, 1.54) is 30.2 Å². The SMILES string of the molecule is COC(=O)c1sccc1NC(=O)CSc1ccccc1. The van der Waals surface area contributed by atoms with Crippen LogP contribution in [0.1, 0.15) is 9.67 Å². The number of hydrogen-bond donors (Lipinski definition) is 1. The van der Waals surface area contributed by atoms with Crippen molar-refractivity contribution in [2.45, 2.75) is 4.90 Å². The molecule has 0 fully saturated rings. The first-order valence-corrected chi connectivity index (χ1v) is 7.70. The molecular weight excluding hydrogens is 294 g/mol. The minimum absolute atomic E-state index is 0.151. The molecule has 1 heterocycles. The van der Waals surface area contributed by atoms with Crippen LogP contribution in [0.4, 0.5) is 5.69 Å². The number of methoxy groups -OCH3 is 1. The van der Waals surface area contributed by atoms with Crippen molar-refractivity contribution in [3.05, 3.63) is 46.7 Å². The smallest absolute Gasteiger partial charge is 0.350 e. The Labute approximate surface area is 125 Å². The van der Waals surface area contributed by atoms with Gasteiger partial charge in [0.25, 0.3) is 0 Å². The van der Waals surface area contributed by atoms with Crippen molar-refractivity contribution >= 4 is 40.7 Å². The molecule has 0 aliphatic rings. The van der Waals surface area contributed by atoms with E-state index in [4.69, 9.17) is 0 Å². The molecule has 0 saturated heterocycles. The van der Waals surface area contributed by atoms with Gasteiger partial charge < -0.3 is 10.1 Å². The van der Waals surface area contributed by atoms with Gasteiger partial charge in [-0.25, -0.2) is 4.79 Å². The Morgan fingerprint density at radius 3 is 2.70 bits per heavy atom. The fraction of sp³-hybridized carbons (Fsp3) is 0.143. The topological polar surface area (TPSA) is 55.4 Å². The van der Waals surface area contributed by atoms with E-state index in [-0.39, 0.29) is 5.91 Å². The molecule has 0 aliphatic carbocycles. The molecule has 6 heteroatoms. The van der Waals surface area contributed by atoms with Crippen molar-refractivity contribution in [2.75, 3.05) is 18.2 Å². The maximum atomic E-state index is 11.9. The lowest BCUT2D eigenvalue weighted by molar-refractivity contribution is -0.113. The molecule has 0 saturated carbocycles. The van der Waals surface area contributed by atoms with Crippen molar-refractivity contribution in [1.29, 1.82) is 0 Å². The van der Waals surface area contributed by atoms with Gasteiger partial charge in [-0.05, 0) is 23.6 Å². The van der Waals surface area contributed by atoms with Gasteiger partial charge in [0.15, 0.2) is 0 Å². The highest BCUT2D eigenvalue weighted by atomic mass is 32.2. The van der Waals surface area contributed by atoms with Gasteiger partial charge >= 0.3 is 5.97 Å². The van der Waals surface area contributed by atoms with E-state index in [1.807, 2.05) is 30.3 Å². The maximum absolute atomic E-state index is 11.9. The van der Waals surface area contributed by atoms with Gasteiger partial charge in [0.2, 0.25) is 5.91 Å². The number of thiophene rings is 1. The summed E-state index contributed by atoms with van der Waals surface area (Å²) in [7, 11) is 1.32. The Bertz CT molecular complexity index is 595. The summed E-state index contributed by atoms with van der Waals surface area (Å²) in [5.74, 6) is -0.297. The lowest BCUT2D eigenvalue weighted by Gasteiger charge is -2.05. The Morgan fingerprint density at radius 1 is 1.25 bits per heavy atom. The summed E-state index contributed by atoms with van der Waals surface area (Å²) >= 11 is 2.69. The highest BCUT2D eigenvalue weighted by molar-refractivity contribution is 8.00. The van der Waals surface area contributed by atoms with Crippen molar-refractivity contribution in [3.8, 4) is 0 Å². The molecule has 0 bridgehead atoms. The third-order valence-corrected chi connectivity index (χ3v) is 4.33. The van der Waals surface area contributed by atoms with Gasteiger partial charge in [0.1, 0.15) is 4.88 Å². The van der Waals surface area contributed by atoms with Crippen LogP contribution in [-0.2, 0) is 9.53 Å². The summed E-state index contributed by atoms with van der Waals surface area (Å²) in [5, 5.41) is 4.47. The number of amides is 1. The van der Waals surface area contributed by atoms with Crippen LogP contribution in [0, 0.1) is 0 Å². The first-order chi connectivity index (χ1) is 9.70. The van der Waals surface area contributed by atoms with Crippen LogP contribution < -0.4 is 5.32 Å². The normalized spacial score (nSPS) is 10.1. The summed E-state index contributed by atoms with van der Waals surface area (Å²) in [6.45, 7) is 0. The van der Waals surface area contributed by atoms with E-state index in [0.29, 0.717) is 16.3 Å². The number of nitrogens with one attached hydrogen (secondary N) is 1. The second kappa shape index (κ2) is 7.12. The second-order valence-electron chi connectivity index (χ2n) is 3.80. The molecule has 0 radical (unpaired) electrons. The second-order valence-corrected chi connectivity index (χ2v) is 5.77. The molecule has 1 aromatic carbocycles. The van der Waals surface area contributed by atoms with Crippen LogP contribution in [0.5, 0.6) is 0 Å². The predicted octanol–water partition coefficient (Wildman–Crippen LogP) is 3.27. The van der Waals surface area contributed by atoms with Crippen molar-refractivity contribution in [2.24, 2.45) is 0 Å². The Hall–Kier alpha value is -1.79. The number of benzene rings is 1. The van der Waals surface area contributed by atoms with Crippen molar-refractivity contribution < 1.29 is 14.3 Å². The molecule has 0 atom stereocenters. The summed E-state index contributed by atoms with van der Waals surface area (Å²) in [6, 6.07) is 11.4. The highest BCUT2D eigenvalue weighted by Gasteiger charge is 2.15. The number of anilines is 1. The fourth-order valence-electron chi connectivity index (χ4n) is 1.51. The Kier molecular flexibility index (Phi) is 5.20. The maximum Gasteiger partial charge on any atom is 0.350 e. The number of carbonyl (C=O) groups excluding carboxylic acids is 2. The van der Waals surface area contributed by atoms with Crippen LogP contribution in [0.15, 0.2) is 46.7 Å². The van der Waals surface area contributed by atoms with Gasteiger partial charge in [0, 0.05) is 4.90 Å². The Balaban J connectivity index is 1.92. The molecule has 4 nitrogen and oxygen atoms in total. The monoisotopic (exact) mass is 307 g/mol. The number of carbonyl (C=O) groups is 2. The molecule has 1 N–H and O–H groups in total. The van der Waals surface area contributed by atoms with E-state index in [9.17, 15) is 9.59 Å². The lowest BCUT2D eigenvalue weighted by Crippen LogP contribution is -2.15. The number of rotatable bonds is 5. The van der Waals surface area contributed by atoms with Crippen LogP contribution >= 0.6 is 23.1 Å². The third-order valence-electron chi connectivity index (χ3n) is 2.42. The summed E-state index contributed by atoms with van der Waals surface area (Å²) in [4.78, 5) is 24.8. The van der Waals surface area contributed by atoms with Gasteiger partial charge in [-0.2, -0.15) is 0 Å². The van der Waals surface area contributed by atoms with E-state index in [0.717, 1.165) is 4.90 Å². The van der Waals surface area contributed by atoms with Gasteiger partial charge in [0.05, 0.1) is 18.6 Å². The van der Waals surface area contributed by atoms with Gasteiger partial charge in [-0.15, -0.1) is 23.1 Å². The number of thioether (sulfide) groups is 1. The molecule has 2 rings (SSSR count). The number of hydrogen-bond acceptors (Lipinski definition) is 5. The van der Waals surface area contributed by atoms with Gasteiger partial charge in [-0.1, -0.05) is 18.2 Å². The zero-order valence-corrected chi connectivity index (χ0v) is 12.4. The Morgan fingerprint density at radius 2 is 2.00 bits per heavy atom. The highest BCUT2D eigenvalue weighted by Crippen LogP contribution is 2.24. The number of ether oxygens (including phenoxy) is 1. The molecular formula is C14H13NO3S2. The van der Waals surface area contributed by atoms with E-state index in [1.54, 1.807) is 11.4 Å². The fourth-order valence-corrected chi connectivity index (χ4v) is 3.00. The number of esters is 1. The first-order valence-electron chi connectivity index (χ1n) is 5.84. The molecule has 1 aromatic heterocycles. The molecule has 0 spiro atoms. The zero-order chi connectivity index (χ0) is 14.4. The summed E-state index contributed by atoms with van der Waals surface area (Å²) in [5.41, 5.74) is 0.500. The largest absolute Gasteiger partial charge is 0.465 e. The van der Waals surface area contributed by atoms with Gasteiger partial charge in [-0.3, -0.25) is 4.79 Å². The van der Waals surface area contributed by atoms with Crippen LogP contribution in [0.25, 0.3) is 0 Å². The average Bonchev–Trinajstić information content (AvgIpc) is 2.93. The van der Waals surface area contributed by atoms with Crippen molar-refractivity contribution in [3.63, 3.8) is 0 Å². The standard InChI is InChI=1S/C14H13NO3S2/c1-18-14(17)13-11(7-8-19-13)15-12(16)9-20-10-5-3-2-4-6-10/h2-8H,9H2,1H3,(H,15,16). The first kappa shape index (κ1) is 14.6. The molecule has 1 amide bonds. The zero-order valence-electron chi connectivity index (χ0n) is 10.8. The van der Waals surface area contributed by atoms with Crippen LogP contribution in [-0.4, -0.2) is 24.7 Å². The molecule has 0 aliphatic heterocycles. The minimum atomic E-state index is -0.439. The quantitative estimate of drug-likeness (QED) is 0.680. The summed E-state index contributed by atoms with van der Waals surface area (Å²) < 4.78 is 4.66. The van der Waals surface area contributed by atoms with E-state index >= 15 is 0 Å². The molecule has 20 heavy (non-hydrogen) atoms. The lowest BCUT2D eigenvalue weighted by atomic mass is 10.4. The summed E-state index contributed by atoms with van der Waals surface area (Å²) in [6.07, 6.45) is 0. The van der Waals surface area contributed by atoms with Crippen LogP contribution in [0.2, 0.25) is 0 Å². The average molecular weight is 307 g/mol. The predicted molar refractivity (Wildman–Crippen MR) is 81.5 cm³/mol. The minimum Gasteiger partial charge on any atom is -0.465 e. The molecule has 104 valence electrons.